The first-order valence-corrected chi connectivity index (χ1v) is 5.89. The van der Waals surface area contributed by atoms with Gasteiger partial charge in [-0.25, -0.2) is 0 Å². The van der Waals surface area contributed by atoms with Gasteiger partial charge >= 0.3 is 0 Å². The normalized spacial score (nSPS) is 58.3. The summed E-state index contributed by atoms with van der Waals surface area (Å²) in [6.07, 6.45) is 2.21. The summed E-state index contributed by atoms with van der Waals surface area (Å²) in [4.78, 5) is 12.0. The number of aliphatic hydroxyl groups excluding tert-OH is 1. The number of Topliss-reactive ketones (excluding diaryl/α,β-unsaturated/α-hetero) is 1. The average Bonchev–Trinajstić information content (AvgIpc) is 2.89. The van der Waals surface area contributed by atoms with Crippen molar-refractivity contribution in [1.29, 1.82) is 0 Å². The number of carbonyl (C=O) groups is 1. The zero-order valence-electron chi connectivity index (χ0n) is 9.27. The van der Waals surface area contributed by atoms with E-state index in [-0.39, 0.29) is 29.6 Å². The summed E-state index contributed by atoms with van der Waals surface area (Å²) in [5.74, 6) is 0.715. The van der Waals surface area contributed by atoms with E-state index in [0.717, 1.165) is 6.42 Å². The van der Waals surface area contributed by atoms with Gasteiger partial charge in [-0.05, 0) is 18.8 Å². The van der Waals surface area contributed by atoms with Crippen LogP contribution in [0.5, 0.6) is 0 Å². The number of rotatable bonds is 0. The number of ketones is 1. The molecule has 0 aromatic carbocycles. The van der Waals surface area contributed by atoms with Crippen LogP contribution in [0, 0.1) is 17.3 Å². The molecule has 1 N–H and O–H groups in total. The van der Waals surface area contributed by atoms with Crippen LogP contribution in [0.4, 0.5) is 0 Å². The Morgan fingerprint density at radius 2 is 2.20 bits per heavy atom. The van der Waals surface area contributed by atoms with Gasteiger partial charge in [0.05, 0.1) is 18.3 Å². The van der Waals surface area contributed by atoms with Gasteiger partial charge in [0.1, 0.15) is 5.78 Å². The predicted molar refractivity (Wildman–Crippen MR) is 54.3 cm³/mol. The van der Waals surface area contributed by atoms with Crippen molar-refractivity contribution in [2.24, 2.45) is 17.3 Å². The molecule has 1 aliphatic heterocycles. The van der Waals surface area contributed by atoms with E-state index in [1.165, 1.54) is 0 Å². The summed E-state index contributed by atoms with van der Waals surface area (Å²) >= 11 is 0. The van der Waals surface area contributed by atoms with Gasteiger partial charge in [-0.15, -0.1) is 0 Å². The highest BCUT2D eigenvalue weighted by Crippen LogP contribution is 2.58. The molecule has 0 radical (unpaired) electrons. The second-order valence-corrected chi connectivity index (χ2v) is 5.71. The summed E-state index contributed by atoms with van der Waals surface area (Å²) in [5, 5.41) is 9.76. The molecular formula is C12H18O3. The Hall–Kier alpha value is -0.410. The smallest absolute Gasteiger partial charge is 0.139 e. The SMILES string of the molecule is C[C@@H]1C[C@H](O)C[C@@H]2C(=O)C[C@H]3O[C@H]3[C@@]12C. The summed E-state index contributed by atoms with van der Waals surface area (Å²) in [7, 11) is 0. The molecule has 0 bridgehead atoms. The molecule has 0 unspecified atom stereocenters. The van der Waals surface area contributed by atoms with E-state index in [4.69, 9.17) is 4.74 Å². The molecule has 1 saturated heterocycles. The molecule has 0 aromatic rings. The van der Waals surface area contributed by atoms with Gasteiger partial charge in [0, 0.05) is 17.8 Å². The highest BCUT2D eigenvalue weighted by Gasteiger charge is 2.65. The van der Waals surface area contributed by atoms with Gasteiger partial charge in [0.2, 0.25) is 0 Å². The fourth-order valence-electron chi connectivity index (χ4n) is 3.77. The Bertz CT molecular complexity index is 314. The third kappa shape index (κ3) is 1.16. The summed E-state index contributed by atoms with van der Waals surface area (Å²) < 4.78 is 5.62. The second kappa shape index (κ2) is 2.83. The van der Waals surface area contributed by atoms with Crippen molar-refractivity contribution in [3.8, 4) is 0 Å². The molecule has 3 fully saturated rings. The third-order valence-corrected chi connectivity index (χ3v) is 4.93. The topological polar surface area (TPSA) is 49.8 Å². The van der Waals surface area contributed by atoms with Crippen molar-refractivity contribution in [3.63, 3.8) is 0 Å². The lowest BCUT2D eigenvalue weighted by molar-refractivity contribution is -0.137. The Balaban J connectivity index is 1.96. The summed E-state index contributed by atoms with van der Waals surface area (Å²) in [6, 6.07) is 0. The minimum absolute atomic E-state index is 0.0147. The van der Waals surface area contributed by atoms with Crippen molar-refractivity contribution < 1.29 is 14.6 Å². The Labute approximate surface area is 89.8 Å². The maximum atomic E-state index is 12.0. The lowest BCUT2D eigenvalue weighted by Gasteiger charge is -2.48. The molecule has 3 rings (SSSR count). The molecule has 3 heteroatoms. The van der Waals surface area contributed by atoms with Crippen LogP contribution in [-0.2, 0) is 9.53 Å². The molecule has 1 heterocycles. The van der Waals surface area contributed by atoms with E-state index < -0.39 is 0 Å². The Morgan fingerprint density at radius 1 is 1.47 bits per heavy atom. The van der Waals surface area contributed by atoms with Gasteiger partial charge < -0.3 is 9.84 Å². The van der Waals surface area contributed by atoms with Gasteiger partial charge in [-0.2, -0.15) is 0 Å². The molecule has 2 saturated carbocycles. The number of epoxide rings is 1. The van der Waals surface area contributed by atoms with Crippen LogP contribution in [0.1, 0.15) is 33.1 Å². The molecule has 0 amide bonds. The minimum atomic E-state index is -0.294. The van der Waals surface area contributed by atoms with Crippen LogP contribution < -0.4 is 0 Å². The molecule has 15 heavy (non-hydrogen) atoms. The molecule has 0 aromatic heterocycles. The second-order valence-electron chi connectivity index (χ2n) is 5.71. The lowest BCUT2D eigenvalue weighted by atomic mass is 9.55. The number of hydrogen-bond donors (Lipinski definition) is 1. The summed E-state index contributed by atoms with van der Waals surface area (Å²) in [5.41, 5.74) is -0.0147. The van der Waals surface area contributed by atoms with E-state index in [0.29, 0.717) is 24.5 Å². The van der Waals surface area contributed by atoms with E-state index in [2.05, 4.69) is 13.8 Å². The molecule has 6 atom stereocenters. The van der Waals surface area contributed by atoms with Crippen molar-refractivity contribution in [2.75, 3.05) is 0 Å². The Morgan fingerprint density at radius 3 is 2.93 bits per heavy atom. The van der Waals surface area contributed by atoms with Crippen LogP contribution in [0.25, 0.3) is 0 Å². The average molecular weight is 210 g/mol. The molecule has 84 valence electrons. The van der Waals surface area contributed by atoms with E-state index in [9.17, 15) is 9.90 Å². The Kier molecular flexibility index (Phi) is 1.85. The first-order valence-electron chi connectivity index (χ1n) is 5.89. The van der Waals surface area contributed by atoms with Crippen molar-refractivity contribution >= 4 is 5.78 Å². The highest BCUT2D eigenvalue weighted by molar-refractivity contribution is 5.84. The number of fused-ring (bicyclic) bond motifs is 3. The number of hydrogen-bond acceptors (Lipinski definition) is 3. The first-order chi connectivity index (χ1) is 7.03. The van der Waals surface area contributed by atoms with Gasteiger partial charge in [-0.1, -0.05) is 13.8 Å². The quantitative estimate of drug-likeness (QED) is 0.610. The molecule has 0 spiro atoms. The standard InChI is InChI=1S/C12H18O3/c1-6-3-7(13)4-8-9(14)5-10-11(15-10)12(6,8)2/h6-8,10-11,13H,3-5H2,1-2H3/t6-,7+,8-,10-,11-,12+/m1/s1. The fourth-order valence-corrected chi connectivity index (χ4v) is 3.77. The number of carbonyl (C=O) groups excluding carboxylic acids is 1. The van der Waals surface area contributed by atoms with E-state index in [1.807, 2.05) is 0 Å². The molecular weight excluding hydrogens is 192 g/mol. The van der Waals surface area contributed by atoms with Crippen LogP contribution in [-0.4, -0.2) is 29.2 Å². The largest absolute Gasteiger partial charge is 0.393 e. The molecule has 3 aliphatic rings. The fraction of sp³-hybridized carbons (Fsp3) is 0.917. The molecule has 2 aliphatic carbocycles. The minimum Gasteiger partial charge on any atom is -0.393 e. The zero-order chi connectivity index (χ0) is 10.8. The maximum absolute atomic E-state index is 12.0. The van der Waals surface area contributed by atoms with Crippen molar-refractivity contribution in [3.05, 3.63) is 0 Å². The monoisotopic (exact) mass is 210 g/mol. The van der Waals surface area contributed by atoms with Crippen LogP contribution in [0.2, 0.25) is 0 Å². The van der Waals surface area contributed by atoms with Crippen molar-refractivity contribution in [2.45, 2.75) is 51.4 Å². The van der Waals surface area contributed by atoms with E-state index in [1.54, 1.807) is 0 Å². The van der Waals surface area contributed by atoms with E-state index >= 15 is 0 Å². The lowest BCUT2D eigenvalue weighted by Crippen LogP contribution is -2.52. The molecule has 3 nitrogen and oxygen atoms in total. The maximum Gasteiger partial charge on any atom is 0.139 e. The number of aliphatic hydroxyl groups is 1. The first kappa shape index (κ1) is 9.79. The van der Waals surface area contributed by atoms with Gasteiger partial charge in [0.15, 0.2) is 0 Å². The van der Waals surface area contributed by atoms with Gasteiger partial charge in [-0.3, -0.25) is 4.79 Å². The van der Waals surface area contributed by atoms with Gasteiger partial charge in [0.25, 0.3) is 0 Å². The predicted octanol–water partition coefficient (Wildman–Crippen LogP) is 1.14. The number of ether oxygens (including phenoxy) is 1. The highest BCUT2D eigenvalue weighted by atomic mass is 16.6. The van der Waals surface area contributed by atoms with Crippen LogP contribution in [0.15, 0.2) is 0 Å². The van der Waals surface area contributed by atoms with Crippen LogP contribution in [0.3, 0.4) is 0 Å². The van der Waals surface area contributed by atoms with Crippen molar-refractivity contribution in [1.82, 2.24) is 0 Å². The van der Waals surface area contributed by atoms with Crippen LogP contribution >= 0.6 is 0 Å². The zero-order valence-corrected chi connectivity index (χ0v) is 9.27. The third-order valence-electron chi connectivity index (χ3n) is 4.93. The summed E-state index contributed by atoms with van der Waals surface area (Å²) in [6.45, 7) is 4.32.